The molecule has 5 heteroatoms. The van der Waals surface area contributed by atoms with Crippen LogP contribution in [0, 0.1) is 12.8 Å². The number of benzene rings is 1. The van der Waals surface area contributed by atoms with Gasteiger partial charge < -0.3 is 16.3 Å². The number of oxime groups is 1. The lowest BCUT2D eigenvalue weighted by Crippen LogP contribution is -2.36. The largest absolute Gasteiger partial charge is 0.380 e. The van der Waals surface area contributed by atoms with Gasteiger partial charge in [0.05, 0.1) is 0 Å². The monoisotopic (exact) mass is 249 g/mol. The zero-order valence-corrected chi connectivity index (χ0v) is 10.9. The molecular formula is C13H19N3O2. The third-order valence-corrected chi connectivity index (χ3v) is 2.57. The van der Waals surface area contributed by atoms with E-state index in [4.69, 9.17) is 16.3 Å². The minimum atomic E-state index is -0.695. The van der Waals surface area contributed by atoms with E-state index in [1.165, 1.54) is 0 Å². The number of amidine groups is 1. The Bertz CT molecular complexity index is 438. The van der Waals surface area contributed by atoms with Gasteiger partial charge in [-0.15, -0.1) is 0 Å². The lowest BCUT2D eigenvalue weighted by molar-refractivity contribution is -0.146. The third-order valence-electron chi connectivity index (χ3n) is 2.57. The number of hydrogen-bond donors (Lipinski definition) is 2. The number of carbonyl (C=O) groups excluding carboxylic acids is 1. The number of nitrogens with zero attached hydrogens (tertiary/aromatic N) is 1. The highest BCUT2D eigenvalue weighted by molar-refractivity contribution is 5.97. The lowest BCUT2D eigenvalue weighted by Gasteiger charge is -2.11. The molecule has 0 amide bonds. The first-order chi connectivity index (χ1) is 8.41. The molecule has 0 heterocycles. The van der Waals surface area contributed by atoms with Crippen molar-refractivity contribution in [1.29, 1.82) is 0 Å². The van der Waals surface area contributed by atoms with E-state index >= 15 is 0 Å². The highest BCUT2D eigenvalue weighted by atomic mass is 16.7. The molecule has 0 saturated carbocycles. The number of carbonyl (C=O) groups is 1. The van der Waals surface area contributed by atoms with Crippen LogP contribution < -0.4 is 11.5 Å². The van der Waals surface area contributed by atoms with Crippen LogP contribution in [0.25, 0.3) is 0 Å². The molecule has 0 aromatic heterocycles. The Balaban J connectivity index is 2.67. The van der Waals surface area contributed by atoms with Gasteiger partial charge in [0.15, 0.2) is 5.84 Å². The smallest absolute Gasteiger partial charge is 0.351 e. The molecule has 0 aliphatic heterocycles. The molecule has 0 bridgehead atoms. The molecule has 0 spiro atoms. The Kier molecular flexibility index (Phi) is 4.85. The summed E-state index contributed by atoms with van der Waals surface area (Å²) in [5, 5.41) is 3.59. The van der Waals surface area contributed by atoms with Crippen LogP contribution in [-0.2, 0) is 9.63 Å². The molecule has 4 N–H and O–H groups in total. The van der Waals surface area contributed by atoms with Crippen LogP contribution in [-0.4, -0.2) is 17.8 Å². The molecule has 0 saturated heterocycles. The molecule has 1 aromatic carbocycles. The van der Waals surface area contributed by atoms with Crippen molar-refractivity contribution in [3.05, 3.63) is 35.4 Å². The lowest BCUT2D eigenvalue weighted by atomic mass is 10.1. The summed E-state index contributed by atoms with van der Waals surface area (Å²) in [7, 11) is 0. The predicted octanol–water partition coefficient (Wildman–Crippen LogP) is 1.14. The summed E-state index contributed by atoms with van der Waals surface area (Å²) >= 11 is 0. The van der Waals surface area contributed by atoms with E-state index in [9.17, 15) is 4.79 Å². The summed E-state index contributed by atoms with van der Waals surface area (Å²) in [6.45, 7) is 5.64. The van der Waals surface area contributed by atoms with E-state index in [1.807, 2.05) is 45.0 Å². The molecule has 0 aliphatic rings. The second kappa shape index (κ2) is 6.16. The van der Waals surface area contributed by atoms with Crippen LogP contribution in [0.2, 0.25) is 0 Å². The highest BCUT2D eigenvalue weighted by Gasteiger charge is 2.19. The van der Waals surface area contributed by atoms with Crippen molar-refractivity contribution in [2.24, 2.45) is 22.5 Å². The molecule has 0 fully saturated rings. The maximum Gasteiger partial charge on any atom is 0.351 e. The minimum Gasteiger partial charge on any atom is -0.380 e. The van der Waals surface area contributed by atoms with Crippen molar-refractivity contribution >= 4 is 11.8 Å². The summed E-state index contributed by atoms with van der Waals surface area (Å²) in [5.41, 5.74) is 13.1. The Morgan fingerprint density at radius 2 is 1.83 bits per heavy atom. The van der Waals surface area contributed by atoms with Crippen LogP contribution in [0.1, 0.15) is 25.0 Å². The van der Waals surface area contributed by atoms with Crippen molar-refractivity contribution < 1.29 is 9.63 Å². The highest BCUT2D eigenvalue weighted by Crippen LogP contribution is 2.04. The van der Waals surface area contributed by atoms with Crippen LogP contribution >= 0.6 is 0 Å². The van der Waals surface area contributed by atoms with Crippen LogP contribution in [0.4, 0.5) is 0 Å². The number of nitrogens with two attached hydrogens (primary N) is 2. The molecule has 18 heavy (non-hydrogen) atoms. The zero-order chi connectivity index (χ0) is 13.7. The zero-order valence-electron chi connectivity index (χ0n) is 10.9. The van der Waals surface area contributed by atoms with Crippen LogP contribution in [0.3, 0.4) is 0 Å². The first-order valence-electron chi connectivity index (χ1n) is 5.78. The summed E-state index contributed by atoms with van der Waals surface area (Å²) in [4.78, 5) is 16.2. The molecule has 0 unspecified atom stereocenters. The maximum absolute atomic E-state index is 11.5. The maximum atomic E-state index is 11.5. The number of aryl methyl sites for hydroxylation is 1. The van der Waals surface area contributed by atoms with Crippen molar-refractivity contribution in [2.75, 3.05) is 0 Å². The first kappa shape index (κ1) is 14.2. The van der Waals surface area contributed by atoms with Gasteiger partial charge in [-0.25, -0.2) is 4.79 Å². The van der Waals surface area contributed by atoms with E-state index in [-0.39, 0.29) is 11.8 Å². The summed E-state index contributed by atoms with van der Waals surface area (Å²) in [6, 6.07) is 6.73. The van der Waals surface area contributed by atoms with Gasteiger partial charge in [0.2, 0.25) is 0 Å². The molecule has 1 atom stereocenters. The summed E-state index contributed by atoms with van der Waals surface area (Å²) in [6.07, 6.45) is 0. The topological polar surface area (TPSA) is 90.7 Å². The number of hydrogen-bond acceptors (Lipinski definition) is 4. The Morgan fingerprint density at radius 1 is 1.28 bits per heavy atom. The van der Waals surface area contributed by atoms with E-state index in [0.29, 0.717) is 5.56 Å². The normalized spacial score (nSPS) is 13.5. The van der Waals surface area contributed by atoms with Gasteiger partial charge in [-0.05, 0) is 12.8 Å². The van der Waals surface area contributed by atoms with E-state index < -0.39 is 12.0 Å². The molecule has 0 radical (unpaired) electrons. The molecule has 0 aliphatic carbocycles. The molecule has 1 aromatic rings. The molecule has 5 nitrogen and oxygen atoms in total. The van der Waals surface area contributed by atoms with Gasteiger partial charge in [0.1, 0.15) is 6.04 Å². The second-order valence-corrected chi connectivity index (χ2v) is 4.52. The fourth-order valence-corrected chi connectivity index (χ4v) is 1.20. The van der Waals surface area contributed by atoms with Crippen molar-refractivity contribution in [1.82, 2.24) is 0 Å². The second-order valence-electron chi connectivity index (χ2n) is 4.52. The standard InChI is InChI=1S/C13H19N3O2/c1-8(2)11(14)13(17)18-16-12(15)10-6-4-9(3)5-7-10/h4-8,11H,14H2,1-3H3,(H2,15,16)/t11-/m0/s1. The molecule has 98 valence electrons. The summed E-state index contributed by atoms with van der Waals surface area (Å²) < 4.78 is 0. The average Bonchev–Trinajstić information content (AvgIpc) is 2.35. The van der Waals surface area contributed by atoms with E-state index in [0.717, 1.165) is 5.56 Å². The van der Waals surface area contributed by atoms with E-state index in [2.05, 4.69) is 5.16 Å². The fourth-order valence-electron chi connectivity index (χ4n) is 1.20. The van der Waals surface area contributed by atoms with Crippen molar-refractivity contribution in [3.8, 4) is 0 Å². The van der Waals surface area contributed by atoms with Gasteiger partial charge in [-0.1, -0.05) is 48.8 Å². The van der Waals surface area contributed by atoms with E-state index in [1.54, 1.807) is 0 Å². The third kappa shape index (κ3) is 3.85. The minimum absolute atomic E-state index is 0.00620. The van der Waals surface area contributed by atoms with Gasteiger partial charge in [0, 0.05) is 5.56 Å². The Morgan fingerprint density at radius 3 is 2.33 bits per heavy atom. The van der Waals surface area contributed by atoms with Gasteiger partial charge in [0.25, 0.3) is 0 Å². The SMILES string of the molecule is Cc1ccc(/C(N)=N/OC(=O)[C@@H](N)C(C)C)cc1. The predicted molar refractivity (Wildman–Crippen MR) is 70.8 cm³/mol. The quantitative estimate of drug-likeness (QED) is 0.362. The average molecular weight is 249 g/mol. The van der Waals surface area contributed by atoms with Crippen LogP contribution in [0.15, 0.2) is 29.4 Å². The number of rotatable bonds is 4. The fraction of sp³-hybridized carbons (Fsp3) is 0.385. The molecular weight excluding hydrogens is 230 g/mol. The van der Waals surface area contributed by atoms with Gasteiger partial charge >= 0.3 is 5.97 Å². The van der Waals surface area contributed by atoms with Gasteiger partial charge in [-0.3, -0.25) is 0 Å². The van der Waals surface area contributed by atoms with Crippen molar-refractivity contribution in [3.63, 3.8) is 0 Å². The Labute approximate surface area is 107 Å². The first-order valence-corrected chi connectivity index (χ1v) is 5.78. The molecule has 1 rings (SSSR count). The Hall–Kier alpha value is -1.88. The summed E-state index contributed by atoms with van der Waals surface area (Å²) in [5.74, 6) is -0.437. The van der Waals surface area contributed by atoms with Gasteiger partial charge in [-0.2, -0.15) is 0 Å². The van der Waals surface area contributed by atoms with Crippen molar-refractivity contribution in [2.45, 2.75) is 26.8 Å². The van der Waals surface area contributed by atoms with Crippen LogP contribution in [0.5, 0.6) is 0 Å².